The molecule has 0 spiro atoms. The van der Waals surface area contributed by atoms with Gasteiger partial charge in [-0.05, 0) is 47.5 Å². The number of aromatic nitrogens is 5. The number of hydrogen-bond donors (Lipinski definition) is 0. The fourth-order valence-electron chi connectivity index (χ4n) is 4.49. The zero-order valence-electron chi connectivity index (χ0n) is 17.1. The lowest BCUT2D eigenvalue weighted by atomic mass is 10.1. The highest BCUT2D eigenvalue weighted by Crippen LogP contribution is 2.32. The predicted octanol–water partition coefficient (Wildman–Crippen LogP) is 6.04. The van der Waals surface area contributed by atoms with Crippen molar-refractivity contribution < 1.29 is 0 Å². The third-order valence-electron chi connectivity index (χ3n) is 5.97. The Hall–Kier alpha value is -4.51. The van der Waals surface area contributed by atoms with Crippen molar-refractivity contribution in [2.75, 3.05) is 0 Å². The predicted molar refractivity (Wildman–Crippen MR) is 128 cm³/mol. The third-order valence-corrected chi connectivity index (χ3v) is 5.97. The van der Waals surface area contributed by atoms with Crippen LogP contribution in [0.4, 0.5) is 0 Å². The van der Waals surface area contributed by atoms with Gasteiger partial charge in [0.2, 0.25) is 5.78 Å². The van der Waals surface area contributed by atoms with Crippen LogP contribution in [0.3, 0.4) is 0 Å². The van der Waals surface area contributed by atoms with E-state index in [0.29, 0.717) is 0 Å². The highest BCUT2D eigenvalue weighted by atomic mass is 15.2. The van der Waals surface area contributed by atoms with Gasteiger partial charge in [-0.2, -0.15) is 0 Å². The standard InChI is InChI=1S/C27H17N5/c1-2-8-18(9-3-1)19-14-15-24-25(16-19)31-23-13-7-6-12-22(23)30-27(31)32(24)26-17-28-20-10-4-5-11-21(20)29-26/h1-17H. The Morgan fingerprint density at radius 3 is 2.16 bits per heavy atom. The van der Waals surface area contributed by atoms with E-state index in [4.69, 9.17) is 9.97 Å². The van der Waals surface area contributed by atoms with Crippen molar-refractivity contribution in [3.8, 4) is 16.9 Å². The Kier molecular flexibility index (Phi) is 3.49. The molecule has 3 aromatic heterocycles. The molecule has 32 heavy (non-hydrogen) atoms. The first-order valence-corrected chi connectivity index (χ1v) is 10.6. The van der Waals surface area contributed by atoms with Crippen LogP contribution in [0, 0.1) is 0 Å². The molecule has 7 rings (SSSR count). The number of rotatable bonds is 2. The summed E-state index contributed by atoms with van der Waals surface area (Å²) < 4.78 is 4.32. The van der Waals surface area contributed by atoms with Crippen LogP contribution < -0.4 is 0 Å². The average Bonchev–Trinajstić information content (AvgIpc) is 3.38. The molecule has 3 heterocycles. The van der Waals surface area contributed by atoms with Crippen LogP contribution in [0.2, 0.25) is 0 Å². The number of imidazole rings is 2. The van der Waals surface area contributed by atoms with E-state index in [-0.39, 0.29) is 0 Å². The number of benzene rings is 4. The first-order valence-electron chi connectivity index (χ1n) is 10.6. The second-order valence-electron chi connectivity index (χ2n) is 7.86. The van der Waals surface area contributed by atoms with Crippen molar-refractivity contribution >= 4 is 38.9 Å². The summed E-state index contributed by atoms with van der Waals surface area (Å²) in [6.07, 6.45) is 1.83. The molecule has 0 bridgehead atoms. The van der Waals surface area contributed by atoms with E-state index in [9.17, 15) is 0 Å². The van der Waals surface area contributed by atoms with Crippen LogP contribution in [0.25, 0.3) is 55.8 Å². The van der Waals surface area contributed by atoms with Gasteiger partial charge in [0.1, 0.15) is 0 Å². The maximum Gasteiger partial charge on any atom is 0.221 e. The molecule has 0 saturated heterocycles. The van der Waals surface area contributed by atoms with Crippen molar-refractivity contribution in [2.24, 2.45) is 0 Å². The topological polar surface area (TPSA) is 48.0 Å². The van der Waals surface area contributed by atoms with Gasteiger partial charge < -0.3 is 0 Å². The second-order valence-corrected chi connectivity index (χ2v) is 7.86. The summed E-state index contributed by atoms with van der Waals surface area (Å²) in [7, 11) is 0. The number of fused-ring (bicyclic) bond motifs is 6. The first-order chi connectivity index (χ1) is 15.9. The normalized spacial score (nSPS) is 11.8. The quantitative estimate of drug-likeness (QED) is 0.348. The molecule has 0 fully saturated rings. The highest BCUT2D eigenvalue weighted by Gasteiger charge is 2.18. The van der Waals surface area contributed by atoms with E-state index in [1.54, 1.807) is 0 Å². The van der Waals surface area contributed by atoms with Crippen molar-refractivity contribution in [2.45, 2.75) is 0 Å². The smallest absolute Gasteiger partial charge is 0.221 e. The molecule has 0 unspecified atom stereocenters. The van der Waals surface area contributed by atoms with Gasteiger partial charge >= 0.3 is 0 Å². The van der Waals surface area contributed by atoms with E-state index in [1.807, 2.05) is 48.7 Å². The maximum atomic E-state index is 4.97. The van der Waals surface area contributed by atoms with Gasteiger partial charge in [0.25, 0.3) is 0 Å². The van der Waals surface area contributed by atoms with Crippen LogP contribution in [0.1, 0.15) is 0 Å². The molecule has 0 radical (unpaired) electrons. The van der Waals surface area contributed by atoms with Crippen LogP contribution in [-0.4, -0.2) is 23.9 Å². The van der Waals surface area contributed by atoms with Gasteiger partial charge in [-0.1, -0.05) is 60.7 Å². The minimum atomic E-state index is 0.756. The molecule has 150 valence electrons. The van der Waals surface area contributed by atoms with Crippen LogP contribution >= 0.6 is 0 Å². The highest BCUT2D eigenvalue weighted by molar-refractivity contribution is 5.94. The molecular formula is C27H17N5. The van der Waals surface area contributed by atoms with Crippen molar-refractivity contribution in [3.63, 3.8) is 0 Å². The summed E-state index contributed by atoms with van der Waals surface area (Å²) >= 11 is 0. The van der Waals surface area contributed by atoms with Gasteiger partial charge in [0.15, 0.2) is 5.82 Å². The van der Waals surface area contributed by atoms with Gasteiger partial charge in [-0.15, -0.1) is 0 Å². The monoisotopic (exact) mass is 411 g/mol. The molecule has 0 aliphatic heterocycles. The van der Waals surface area contributed by atoms with E-state index in [2.05, 4.69) is 68.5 Å². The molecule has 0 aliphatic carbocycles. The van der Waals surface area contributed by atoms with Crippen molar-refractivity contribution in [3.05, 3.63) is 103 Å². The van der Waals surface area contributed by atoms with E-state index >= 15 is 0 Å². The molecule has 7 aromatic rings. The van der Waals surface area contributed by atoms with E-state index in [1.165, 1.54) is 11.1 Å². The fourth-order valence-corrected chi connectivity index (χ4v) is 4.49. The Labute approximate surface area is 183 Å². The summed E-state index contributed by atoms with van der Waals surface area (Å²) in [6.45, 7) is 0. The Balaban J connectivity index is 1.60. The fraction of sp³-hybridized carbons (Fsp3) is 0. The zero-order valence-corrected chi connectivity index (χ0v) is 17.1. The minimum Gasteiger partial charge on any atom is -0.276 e. The van der Waals surface area contributed by atoms with Gasteiger partial charge in [0.05, 0.1) is 39.3 Å². The van der Waals surface area contributed by atoms with Gasteiger partial charge in [0, 0.05) is 0 Å². The number of para-hydroxylation sites is 4. The number of hydrogen-bond acceptors (Lipinski definition) is 3. The maximum absolute atomic E-state index is 4.97. The summed E-state index contributed by atoms with van der Waals surface area (Å²) in [4.78, 5) is 14.5. The zero-order chi connectivity index (χ0) is 21.1. The SMILES string of the molecule is c1ccc(-c2ccc3c(c2)n2c4ccccc4nc2n3-c2cnc3ccccc3n2)cc1. The van der Waals surface area contributed by atoms with Crippen LogP contribution in [-0.2, 0) is 0 Å². The summed E-state index contributed by atoms with van der Waals surface area (Å²) in [5.74, 6) is 1.59. The lowest BCUT2D eigenvalue weighted by Crippen LogP contribution is -2.00. The Morgan fingerprint density at radius 1 is 0.531 bits per heavy atom. The molecule has 5 heteroatoms. The van der Waals surface area contributed by atoms with Crippen LogP contribution in [0.15, 0.2) is 103 Å². The largest absolute Gasteiger partial charge is 0.276 e. The lowest BCUT2D eigenvalue weighted by molar-refractivity contribution is 1.04. The molecular weight excluding hydrogens is 394 g/mol. The minimum absolute atomic E-state index is 0.756. The van der Waals surface area contributed by atoms with Crippen molar-refractivity contribution in [1.29, 1.82) is 0 Å². The van der Waals surface area contributed by atoms with Crippen molar-refractivity contribution in [1.82, 2.24) is 23.9 Å². The molecule has 0 saturated carbocycles. The average molecular weight is 411 g/mol. The molecule has 0 atom stereocenters. The third kappa shape index (κ3) is 2.42. The summed E-state index contributed by atoms with van der Waals surface area (Å²) in [5.41, 5.74) is 8.25. The van der Waals surface area contributed by atoms with Crippen LogP contribution in [0.5, 0.6) is 0 Å². The van der Waals surface area contributed by atoms with E-state index < -0.39 is 0 Å². The Bertz CT molecular complexity index is 1780. The molecule has 4 aromatic carbocycles. The molecule has 0 amide bonds. The summed E-state index contributed by atoms with van der Waals surface area (Å²) in [6, 6.07) is 33.1. The molecule has 0 N–H and O–H groups in total. The molecule has 0 aliphatic rings. The lowest BCUT2D eigenvalue weighted by Gasteiger charge is -2.06. The molecule has 5 nitrogen and oxygen atoms in total. The van der Waals surface area contributed by atoms with Gasteiger partial charge in [-0.3, -0.25) is 14.0 Å². The first kappa shape index (κ1) is 17.2. The number of nitrogens with zero attached hydrogens (tertiary/aromatic N) is 5. The summed E-state index contributed by atoms with van der Waals surface area (Å²) in [5, 5.41) is 0. The second kappa shape index (κ2) is 6.49. The Morgan fingerprint density at radius 2 is 1.28 bits per heavy atom. The van der Waals surface area contributed by atoms with E-state index in [0.717, 1.165) is 44.7 Å². The van der Waals surface area contributed by atoms with Gasteiger partial charge in [-0.25, -0.2) is 9.97 Å².